The molecule has 2 aromatic rings. The summed E-state index contributed by atoms with van der Waals surface area (Å²) in [5.41, 5.74) is 2.25. The zero-order chi connectivity index (χ0) is 19.3. The van der Waals surface area contributed by atoms with Gasteiger partial charge in [0.05, 0.1) is 5.25 Å². The molecule has 0 spiro atoms. The molecular formula is C22H27NO3S. The van der Waals surface area contributed by atoms with Crippen molar-refractivity contribution in [2.24, 2.45) is 0 Å². The van der Waals surface area contributed by atoms with Crippen molar-refractivity contribution < 1.29 is 13.2 Å². The molecule has 5 heteroatoms. The first-order valence-electron chi connectivity index (χ1n) is 9.60. The Morgan fingerprint density at radius 2 is 1.44 bits per heavy atom. The number of hydrogen-bond donors (Lipinski definition) is 0. The van der Waals surface area contributed by atoms with Crippen LogP contribution < -0.4 is 0 Å². The molecular weight excluding hydrogens is 358 g/mol. The molecule has 144 valence electrons. The van der Waals surface area contributed by atoms with E-state index in [2.05, 4.69) is 24.3 Å². The number of amides is 1. The number of rotatable bonds is 6. The molecule has 1 amide bonds. The SMILES string of the molecule is CCS(=O)(=O)C1CCN(C(=O)CC(c2ccccc2)c2ccccc2)CC1. The summed E-state index contributed by atoms with van der Waals surface area (Å²) >= 11 is 0. The van der Waals surface area contributed by atoms with Crippen molar-refractivity contribution in [3.05, 3.63) is 71.8 Å². The predicted molar refractivity (Wildman–Crippen MR) is 108 cm³/mol. The van der Waals surface area contributed by atoms with Crippen LogP contribution in [-0.4, -0.2) is 43.3 Å². The Balaban J connectivity index is 1.71. The van der Waals surface area contributed by atoms with Crippen LogP contribution in [0, 0.1) is 0 Å². The third-order valence-corrected chi connectivity index (χ3v) is 7.78. The highest BCUT2D eigenvalue weighted by Crippen LogP contribution is 2.29. The summed E-state index contributed by atoms with van der Waals surface area (Å²) in [5, 5.41) is -0.300. The lowest BCUT2D eigenvalue weighted by Crippen LogP contribution is -2.43. The maximum Gasteiger partial charge on any atom is 0.223 e. The molecule has 1 saturated heterocycles. The second-order valence-corrected chi connectivity index (χ2v) is 9.68. The molecule has 0 radical (unpaired) electrons. The van der Waals surface area contributed by atoms with Gasteiger partial charge in [0.2, 0.25) is 5.91 Å². The van der Waals surface area contributed by atoms with E-state index in [9.17, 15) is 13.2 Å². The average molecular weight is 386 g/mol. The van der Waals surface area contributed by atoms with E-state index < -0.39 is 9.84 Å². The molecule has 1 fully saturated rings. The molecule has 0 atom stereocenters. The Kier molecular flexibility index (Phi) is 6.32. The highest BCUT2D eigenvalue weighted by atomic mass is 32.2. The van der Waals surface area contributed by atoms with Gasteiger partial charge in [0.1, 0.15) is 0 Å². The standard InChI is InChI=1S/C22H27NO3S/c1-2-27(25,26)20-13-15-23(16-14-20)22(24)17-21(18-9-5-3-6-10-18)19-11-7-4-8-12-19/h3-12,20-21H,2,13-17H2,1H3. The minimum Gasteiger partial charge on any atom is -0.343 e. The van der Waals surface area contributed by atoms with E-state index >= 15 is 0 Å². The number of piperidine rings is 1. The number of carbonyl (C=O) groups is 1. The summed E-state index contributed by atoms with van der Waals surface area (Å²) in [7, 11) is -3.02. The van der Waals surface area contributed by atoms with Crippen LogP contribution in [0.1, 0.15) is 43.2 Å². The molecule has 27 heavy (non-hydrogen) atoms. The quantitative estimate of drug-likeness (QED) is 0.763. The molecule has 1 aliphatic heterocycles. The van der Waals surface area contributed by atoms with Crippen LogP contribution in [0.25, 0.3) is 0 Å². The summed E-state index contributed by atoms with van der Waals surface area (Å²) in [6.45, 7) is 2.75. The Morgan fingerprint density at radius 1 is 0.963 bits per heavy atom. The third kappa shape index (κ3) is 4.78. The molecule has 4 nitrogen and oxygen atoms in total. The topological polar surface area (TPSA) is 54.5 Å². The van der Waals surface area contributed by atoms with E-state index in [4.69, 9.17) is 0 Å². The third-order valence-electron chi connectivity index (χ3n) is 5.49. The monoisotopic (exact) mass is 385 g/mol. The first-order valence-corrected chi connectivity index (χ1v) is 11.3. The Hall–Kier alpha value is -2.14. The van der Waals surface area contributed by atoms with Crippen molar-refractivity contribution in [1.82, 2.24) is 4.90 Å². The number of hydrogen-bond acceptors (Lipinski definition) is 3. The largest absolute Gasteiger partial charge is 0.343 e. The van der Waals surface area contributed by atoms with Gasteiger partial charge in [-0.3, -0.25) is 4.79 Å². The minimum absolute atomic E-state index is 0.0111. The van der Waals surface area contributed by atoms with Gasteiger partial charge in [0, 0.05) is 31.2 Å². The van der Waals surface area contributed by atoms with Crippen molar-refractivity contribution in [2.45, 2.75) is 37.4 Å². The fraction of sp³-hybridized carbons (Fsp3) is 0.409. The van der Waals surface area contributed by atoms with Crippen molar-refractivity contribution >= 4 is 15.7 Å². The minimum atomic E-state index is -3.02. The van der Waals surface area contributed by atoms with Gasteiger partial charge in [-0.25, -0.2) is 8.42 Å². The van der Waals surface area contributed by atoms with E-state index in [0.717, 1.165) is 11.1 Å². The smallest absolute Gasteiger partial charge is 0.223 e. The molecule has 3 rings (SSSR count). The zero-order valence-corrected chi connectivity index (χ0v) is 16.6. The number of benzene rings is 2. The van der Waals surface area contributed by atoms with Gasteiger partial charge in [0.25, 0.3) is 0 Å². The lowest BCUT2D eigenvalue weighted by atomic mass is 9.88. The molecule has 0 unspecified atom stereocenters. The second kappa shape index (κ2) is 8.70. The summed E-state index contributed by atoms with van der Waals surface area (Å²) in [5.74, 6) is 0.285. The lowest BCUT2D eigenvalue weighted by Gasteiger charge is -2.32. The van der Waals surface area contributed by atoms with E-state index in [1.54, 1.807) is 6.92 Å². The summed E-state index contributed by atoms with van der Waals surface area (Å²) < 4.78 is 24.2. The average Bonchev–Trinajstić information content (AvgIpc) is 2.73. The Bertz CT molecular complexity index is 802. The van der Waals surface area contributed by atoms with Gasteiger partial charge in [-0.05, 0) is 24.0 Å². The Labute approximate surface area is 162 Å². The molecule has 0 N–H and O–H groups in total. The zero-order valence-electron chi connectivity index (χ0n) is 15.8. The van der Waals surface area contributed by atoms with Gasteiger partial charge < -0.3 is 4.90 Å². The maximum atomic E-state index is 13.0. The Morgan fingerprint density at radius 3 is 1.89 bits per heavy atom. The van der Waals surface area contributed by atoms with Gasteiger partial charge >= 0.3 is 0 Å². The van der Waals surface area contributed by atoms with Crippen molar-refractivity contribution in [3.8, 4) is 0 Å². The fourth-order valence-electron chi connectivity index (χ4n) is 3.80. The molecule has 0 aliphatic carbocycles. The van der Waals surface area contributed by atoms with Crippen LogP contribution in [0.3, 0.4) is 0 Å². The van der Waals surface area contributed by atoms with Crippen LogP contribution in [-0.2, 0) is 14.6 Å². The maximum absolute atomic E-state index is 13.0. The van der Waals surface area contributed by atoms with Gasteiger partial charge in [-0.15, -0.1) is 0 Å². The van der Waals surface area contributed by atoms with Crippen molar-refractivity contribution in [1.29, 1.82) is 0 Å². The van der Waals surface area contributed by atoms with Crippen LogP contribution in [0.2, 0.25) is 0 Å². The van der Waals surface area contributed by atoms with Crippen LogP contribution in [0.5, 0.6) is 0 Å². The summed E-state index contributed by atoms with van der Waals surface area (Å²) in [6, 6.07) is 20.2. The number of carbonyl (C=O) groups excluding carboxylic acids is 1. The lowest BCUT2D eigenvalue weighted by molar-refractivity contribution is -0.132. The number of sulfone groups is 1. The molecule has 0 bridgehead atoms. The molecule has 1 aliphatic rings. The fourth-order valence-corrected chi connectivity index (χ4v) is 5.20. The van der Waals surface area contributed by atoms with E-state index in [1.807, 2.05) is 41.3 Å². The van der Waals surface area contributed by atoms with Crippen LogP contribution in [0.15, 0.2) is 60.7 Å². The van der Waals surface area contributed by atoms with Gasteiger partial charge in [0.15, 0.2) is 9.84 Å². The highest BCUT2D eigenvalue weighted by Gasteiger charge is 2.31. The summed E-state index contributed by atoms with van der Waals surface area (Å²) in [6.07, 6.45) is 1.49. The van der Waals surface area contributed by atoms with E-state index in [0.29, 0.717) is 32.4 Å². The highest BCUT2D eigenvalue weighted by molar-refractivity contribution is 7.92. The van der Waals surface area contributed by atoms with Gasteiger partial charge in [-0.2, -0.15) is 0 Å². The molecule has 0 aromatic heterocycles. The molecule has 2 aromatic carbocycles. The second-order valence-electron chi connectivity index (χ2n) is 7.11. The normalized spacial score (nSPS) is 15.9. The summed E-state index contributed by atoms with van der Waals surface area (Å²) in [4.78, 5) is 14.8. The van der Waals surface area contributed by atoms with Crippen molar-refractivity contribution in [2.75, 3.05) is 18.8 Å². The van der Waals surface area contributed by atoms with Crippen LogP contribution in [0.4, 0.5) is 0 Å². The molecule has 0 saturated carbocycles. The van der Waals surface area contributed by atoms with Gasteiger partial charge in [-0.1, -0.05) is 67.6 Å². The first kappa shape index (κ1) is 19.6. The predicted octanol–water partition coefficient (Wildman–Crippen LogP) is 3.63. The van der Waals surface area contributed by atoms with Crippen molar-refractivity contribution in [3.63, 3.8) is 0 Å². The van der Waals surface area contributed by atoms with E-state index in [1.165, 1.54) is 0 Å². The molecule has 1 heterocycles. The van der Waals surface area contributed by atoms with Crippen LogP contribution >= 0.6 is 0 Å². The number of likely N-dealkylation sites (tertiary alicyclic amines) is 1. The first-order chi connectivity index (χ1) is 13.0. The van der Waals surface area contributed by atoms with E-state index in [-0.39, 0.29) is 22.8 Å². The number of nitrogens with zero attached hydrogens (tertiary/aromatic N) is 1.